The van der Waals surface area contributed by atoms with Crippen LogP contribution in [0.3, 0.4) is 0 Å². The Morgan fingerprint density at radius 3 is 2.91 bits per heavy atom. The summed E-state index contributed by atoms with van der Waals surface area (Å²) >= 11 is 0. The molecule has 0 amide bonds. The summed E-state index contributed by atoms with van der Waals surface area (Å²) in [6.45, 7) is 2.01. The second kappa shape index (κ2) is 3.34. The van der Waals surface area contributed by atoms with E-state index in [0.717, 1.165) is 16.9 Å². The van der Waals surface area contributed by atoms with E-state index >= 15 is 0 Å². The van der Waals surface area contributed by atoms with Gasteiger partial charge in [-0.05, 0) is 24.1 Å². The summed E-state index contributed by atoms with van der Waals surface area (Å²) in [6, 6.07) is 1.82. The molecule has 0 aliphatic rings. The predicted octanol–water partition coefficient (Wildman–Crippen LogP) is 0.924. The number of aliphatic hydroxyl groups is 1. The molecule has 0 atom stereocenters. The minimum Gasteiger partial charge on any atom is -0.392 e. The molecule has 3 nitrogen and oxygen atoms in total. The predicted molar refractivity (Wildman–Crippen MR) is 44.4 cm³/mol. The average molecular weight is 152 g/mol. The molecule has 60 valence electrons. The zero-order chi connectivity index (χ0) is 8.27. The number of anilines is 1. The topological polar surface area (TPSA) is 45.2 Å². The summed E-state index contributed by atoms with van der Waals surface area (Å²) in [5.41, 5.74) is 1.93. The van der Waals surface area contributed by atoms with Crippen LogP contribution in [-0.2, 0) is 6.61 Å². The third-order valence-corrected chi connectivity index (χ3v) is 1.72. The maximum absolute atomic E-state index is 8.88. The Morgan fingerprint density at radius 1 is 1.64 bits per heavy atom. The van der Waals surface area contributed by atoms with Crippen molar-refractivity contribution >= 4 is 5.82 Å². The lowest BCUT2D eigenvalue weighted by Gasteiger charge is -2.06. The molecule has 1 rings (SSSR count). The van der Waals surface area contributed by atoms with E-state index in [-0.39, 0.29) is 6.61 Å². The van der Waals surface area contributed by atoms with Crippen molar-refractivity contribution in [1.29, 1.82) is 0 Å². The second-order valence-corrected chi connectivity index (χ2v) is 2.35. The first-order valence-electron chi connectivity index (χ1n) is 3.52. The molecule has 0 aromatic carbocycles. The first-order chi connectivity index (χ1) is 5.29. The van der Waals surface area contributed by atoms with Gasteiger partial charge in [0.15, 0.2) is 0 Å². The van der Waals surface area contributed by atoms with Crippen molar-refractivity contribution in [1.82, 2.24) is 4.98 Å². The van der Waals surface area contributed by atoms with Gasteiger partial charge >= 0.3 is 0 Å². The number of aliphatic hydroxyl groups excluding tert-OH is 1. The van der Waals surface area contributed by atoms with Gasteiger partial charge in [0.05, 0.1) is 6.61 Å². The molecular weight excluding hydrogens is 140 g/mol. The third kappa shape index (κ3) is 1.49. The monoisotopic (exact) mass is 152 g/mol. The van der Waals surface area contributed by atoms with Gasteiger partial charge < -0.3 is 10.4 Å². The Hall–Kier alpha value is -1.09. The first-order valence-corrected chi connectivity index (χ1v) is 3.52. The van der Waals surface area contributed by atoms with Gasteiger partial charge in [-0.15, -0.1) is 0 Å². The molecule has 2 N–H and O–H groups in total. The summed E-state index contributed by atoms with van der Waals surface area (Å²) in [7, 11) is 1.82. The molecule has 1 aromatic heterocycles. The van der Waals surface area contributed by atoms with E-state index in [1.807, 2.05) is 20.0 Å². The number of nitrogens with zero attached hydrogens (tertiary/aromatic N) is 1. The molecule has 0 unspecified atom stereocenters. The van der Waals surface area contributed by atoms with E-state index in [1.54, 1.807) is 6.20 Å². The molecule has 0 fully saturated rings. The standard InChI is InChI=1S/C8H12N2O/c1-6-7(5-11)3-4-10-8(6)9-2/h3-4,11H,5H2,1-2H3,(H,9,10). The lowest BCUT2D eigenvalue weighted by molar-refractivity contribution is 0.281. The van der Waals surface area contributed by atoms with Crippen LogP contribution < -0.4 is 5.32 Å². The van der Waals surface area contributed by atoms with Gasteiger partial charge in [0.1, 0.15) is 5.82 Å². The van der Waals surface area contributed by atoms with Crippen LogP contribution in [0.2, 0.25) is 0 Å². The van der Waals surface area contributed by atoms with Gasteiger partial charge in [-0.2, -0.15) is 0 Å². The summed E-state index contributed by atoms with van der Waals surface area (Å²) in [5.74, 6) is 0.830. The van der Waals surface area contributed by atoms with Gasteiger partial charge in [0.25, 0.3) is 0 Å². The average Bonchev–Trinajstić information content (AvgIpc) is 2.05. The fraction of sp³-hybridized carbons (Fsp3) is 0.375. The van der Waals surface area contributed by atoms with Crippen LogP contribution in [0.15, 0.2) is 12.3 Å². The fourth-order valence-corrected chi connectivity index (χ4v) is 0.999. The summed E-state index contributed by atoms with van der Waals surface area (Å²) in [5, 5.41) is 11.8. The lowest BCUT2D eigenvalue weighted by atomic mass is 10.1. The van der Waals surface area contributed by atoms with Crippen LogP contribution in [-0.4, -0.2) is 17.1 Å². The summed E-state index contributed by atoms with van der Waals surface area (Å²) in [6.07, 6.45) is 1.68. The number of pyridine rings is 1. The molecule has 11 heavy (non-hydrogen) atoms. The van der Waals surface area contributed by atoms with Crippen molar-refractivity contribution in [3.63, 3.8) is 0 Å². The highest BCUT2D eigenvalue weighted by Gasteiger charge is 2.00. The third-order valence-electron chi connectivity index (χ3n) is 1.72. The van der Waals surface area contributed by atoms with Crippen molar-refractivity contribution in [2.75, 3.05) is 12.4 Å². The van der Waals surface area contributed by atoms with Crippen LogP contribution in [0.4, 0.5) is 5.82 Å². The quantitative estimate of drug-likeness (QED) is 0.662. The van der Waals surface area contributed by atoms with Crippen LogP contribution >= 0.6 is 0 Å². The van der Waals surface area contributed by atoms with Crippen LogP contribution in [0.5, 0.6) is 0 Å². The van der Waals surface area contributed by atoms with E-state index in [4.69, 9.17) is 5.11 Å². The smallest absolute Gasteiger partial charge is 0.128 e. The first kappa shape index (κ1) is 8.01. The largest absolute Gasteiger partial charge is 0.392 e. The van der Waals surface area contributed by atoms with Crippen molar-refractivity contribution in [3.05, 3.63) is 23.4 Å². The fourth-order valence-electron chi connectivity index (χ4n) is 0.999. The van der Waals surface area contributed by atoms with Gasteiger partial charge in [-0.3, -0.25) is 0 Å². The summed E-state index contributed by atoms with van der Waals surface area (Å²) in [4.78, 5) is 4.08. The lowest BCUT2D eigenvalue weighted by Crippen LogP contribution is -1.98. The number of hydrogen-bond donors (Lipinski definition) is 2. The minimum absolute atomic E-state index is 0.0725. The Morgan fingerprint density at radius 2 is 2.36 bits per heavy atom. The number of aromatic nitrogens is 1. The molecule has 0 saturated carbocycles. The number of rotatable bonds is 2. The molecule has 0 spiro atoms. The molecule has 0 radical (unpaired) electrons. The molecular formula is C8H12N2O. The number of hydrogen-bond acceptors (Lipinski definition) is 3. The van der Waals surface area contributed by atoms with E-state index in [9.17, 15) is 0 Å². The Bertz CT molecular complexity index is 226. The highest BCUT2D eigenvalue weighted by atomic mass is 16.3. The molecule has 1 aromatic rings. The Labute approximate surface area is 66.1 Å². The molecule has 0 aliphatic carbocycles. The van der Waals surface area contributed by atoms with Crippen LogP contribution in [0.25, 0.3) is 0 Å². The van der Waals surface area contributed by atoms with Crippen molar-refractivity contribution in [2.45, 2.75) is 13.5 Å². The maximum Gasteiger partial charge on any atom is 0.128 e. The second-order valence-electron chi connectivity index (χ2n) is 2.35. The number of nitrogens with one attached hydrogen (secondary N) is 1. The summed E-state index contributed by atoms with van der Waals surface area (Å²) < 4.78 is 0. The molecule has 3 heteroatoms. The minimum atomic E-state index is 0.0725. The van der Waals surface area contributed by atoms with E-state index in [2.05, 4.69) is 10.3 Å². The van der Waals surface area contributed by atoms with Gasteiger partial charge in [0, 0.05) is 13.2 Å². The van der Waals surface area contributed by atoms with E-state index in [1.165, 1.54) is 0 Å². The Kier molecular flexibility index (Phi) is 2.44. The van der Waals surface area contributed by atoms with E-state index in [0.29, 0.717) is 0 Å². The molecule has 0 aliphatic heterocycles. The van der Waals surface area contributed by atoms with Gasteiger partial charge in [-0.1, -0.05) is 0 Å². The Balaban J connectivity index is 3.10. The van der Waals surface area contributed by atoms with Crippen LogP contribution in [0.1, 0.15) is 11.1 Å². The zero-order valence-electron chi connectivity index (χ0n) is 6.76. The van der Waals surface area contributed by atoms with Crippen molar-refractivity contribution in [3.8, 4) is 0 Å². The van der Waals surface area contributed by atoms with Gasteiger partial charge in [0.2, 0.25) is 0 Å². The van der Waals surface area contributed by atoms with E-state index < -0.39 is 0 Å². The van der Waals surface area contributed by atoms with Crippen molar-refractivity contribution < 1.29 is 5.11 Å². The van der Waals surface area contributed by atoms with Crippen molar-refractivity contribution in [2.24, 2.45) is 0 Å². The molecule has 1 heterocycles. The van der Waals surface area contributed by atoms with Crippen LogP contribution in [0, 0.1) is 6.92 Å². The SMILES string of the molecule is CNc1nccc(CO)c1C. The zero-order valence-corrected chi connectivity index (χ0v) is 6.76. The van der Waals surface area contributed by atoms with Gasteiger partial charge in [-0.25, -0.2) is 4.98 Å². The highest BCUT2D eigenvalue weighted by Crippen LogP contribution is 2.14. The molecule has 0 saturated heterocycles. The normalized spacial score (nSPS) is 9.73. The molecule has 0 bridgehead atoms. The maximum atomic E-state index is 8.88. The highest BCUT2D eigenvalue weighted by molar-refractivity contribution is 5.46.